The van der Waals surface area contributed by atoms with Gasteiger partial charge < -0.3 is 10.6 Å². The molecule has 0 spiro atoms. The van der Waals surface area contributed by atoms with E-state index in [1.54, 1.807) is 0 Å². The first kappa shape index (κ1) is 13.6. The zero-order valence-electron chi connectivity index (χ0n) is 12.0. The Morgan fingerprint density at radius 1 is 0.947 bits per heavy atom. The molecule has 0 aromatic rings. The predicted molar refractivity (Wildman–Crippen MR) is 83.3 cm³/mol. The van der Waals surface area contributed by atoms with Crippen LogP contribution in [-0.2, 0) is 0 Å². The second-order valence-electron chi connectivity index (χ2n) is 6.52. The molecule has 4 heteroatoms. The summed E-state index contributed by atoms with van der Waals surface area (Å²) in [7, 11) is 1.91. The molecule has 1 saturated carbocycles. The summed E-state index contributed by atoms with van der Waals surface area (Å²) < 4.78 is 0. The maximum atomic E-state index is 5.27. The van der Waals surface area contributed by atoms with Crippen molar-refractivity contribution in [3.05, 3.63) is 0 Å². The molecular weight excluding hydrogens is 254 g/mol. The molecule has 2 aliphatic heterocycles. The van der Waals surface area contributed by atoms with Gasteiger partial charge in [0.15, 0.2) is 5.11 Å². The molecule has 0 amide bonds. The molecule has 108 valence electrons. The van der Waals surface area contributed by atoms with Crippen LogP contribution in [-0.4, -0.2) is 41.2 Å². The maximum Gasteiger partial charge on any atom is 0.166 e. The van der Waals surface area contributed by atoms with Gasteiger partial charge in [-0.15, -0.1) is 0 Å². The average molecular weight is 281 g/mol. The first-order valence-corrected chi connectivity index (χ1v) is 8.44. The van der Waals surface area contributed by atoms with E-state index in [-0.39, 0.29) is 0 Å². The van der Waals surface area contributed by atoms with Crippen molar-refractivity contribution in [1.82, 2.24) is 15.5 Å². The van der Waals surface area contributed by atoms with Crippen LogP contribution in [0.25, 0.3) is 0 Å². The third-order valence-corrected chi connectivity index (χ3v) is 5.66. The Hall–Kier alpha value is -0.350. The number of piperidine rings is 2. The second kappa shape index (κ2) is 5.96. The molecular formula is C15H27N3S. The van der Waals surface area contributed by atoms with Crippen molar-refractivity contribution >= 4 is 17.3 Å². The van der Waals surface area contributed by atoms with E-state index in [1.807, 2.05) is 7.05 Å². The van der Waals surface area contributed by atoms with Crippen LogP contribution in [0.2, 0.25) is 0 Å². The fraction of sp³-hybridized carbons (Fsp3) is 0.933. The van der Waals surface area contributed by atoms with Crippen LogP contribution in [0.4, 0.5) is 0 Å². The van der Waals surface area contributed by atoms with Gasteiger partial charge in [0.2, 0.25) is 0 Å². The summed E-state index contributed by atoms with van der Waals surface area (Å²) in [5.74, 6) is 0. The predicted octanol–water partition coefficient (Wildman–Crippen LogP) is 2.41. The number of thiocarbonyl (C=S) groups is 1. The zero-order chi connectivity index (χ0) is 13.2. The third kappa shape index (κ3) is 2.89. The van der Waals surface area contributed by atoms with Gasteiger partial charge in [0.05, 0.1) is 0 Å². The van der Waals surface area contributed by atoms with Crippen LogP contribution >= 0.6 is 12.2 Å². The van der Waals surface area contributed by atoms with Crippen LogP contribution in [0.3, 0.4) is 0 Å². The van der Waals surface area contributed by atoms with E-state index in [4.69, 9.17) is 12.2 Å². The number of hydrogen-bond acceptors (Lipinski definition) is 2. The van der Waals surface area contributed by atoms with Gasteiger partial charge in [-0.2, -0.15) is 0 Å². The van der Waals surface area contributed by atoms with E-state index in [1.165, 1.54) is 57.8 Å². The molecule has 3 fully saturated rings. The Bertz CT molecular complexity index is 313. The van der Waals surface area contributed by atoms with Gasteiger partial charge >= 0.3 is 0 Å². The molecule has 0 aromatic heterocycles. The molecule has 3 atom stereocenters. The minimum absolute atomic E-state index is 0.591. The van der Waals surface area contributed by atoms with E-state index >= 15 is 0 Å². The molecule has 1 aliphatic carbocycles. The molecule has 3 nitrogen and oxygen atoms in total. The Kier molecular flexibility index (Phi) is 4.27. The SMILES string of the molecule is CNC(=S)NC1C[C@H]2CCC[C@@H](C1)N2C1CCCC1. The van der Waals surface area contributed by atoms with Gasteiger partial charge in [-0.1, -0.05) is 19.3 Å². The molecule has 3 rings (SSSR count). The monoisotopic (exact) mass is 281 g/mol. The fourth-order valence-corrected chi connectivity index (χ4v) is 4.76. The minimum atomic E-state index is 0.591. The number of hydrogen-bond donors (Lipinski definition) is 2. The fourth-order valence-electron chi connectivity index (χ4n) is 4.59. The van der Waals surface area contributed by atoms with Crippen molar-refractivity contribution in [3.8, 4) is 0 Å². The lowest BCUT2D eigenvalue weighted by Gasteiger charge is -2.52. The number of nitrogens with zero attached hydrogens (tertiary/aromatic N) is 1. The van der Waals surface area contributed by atoms with Gasteiger partial charge in [0.25, 0.3) is 0 Å². The number of nitrogens with one attached hydrogen (secondary N) is 2. The topological polar surface area (TPSA) is 27.3 Å². The summed E-state index contributed by atoms with van der Waals surface area (Å²) in [6, 6.07) is 3.11. The van der Waals surface area contributed by atoms with Crippen LogP contribution in [0, 0.1) is 0 Å². The lowest BCUT2D eigenvalue weighted by Crippen LogP contribution is -2.60. The van der Waals surface area contributed by atoms with E-state index in [2.05, 4.69) is 15.5 Å². The Labute approximate surface area is 122 Å². The summed E-state index contributed by atoms with van der Waals surface area (Å²) in [6.07, 6.45) is 12.6. The summed E-state index contributed by atoms with van der Waals surface area (Å²) in [5, 5.41) is 7.37. The molecule has 2 heterocycles. The highest BCUT2D eigenvalue weighted by Crippen LogP contribution is 2.39. The van der Waals surface area contributed by atoms with E-state index < -0.39 is 0 Å². The Morgan fingerprint density at radius 3 is 2.11 bits per heavy atom. The molecule has 1 unspecified atom stereocenters. The standard InChI is InChI=1S/C15H27N3S/c1-16-15(19)17-11-9-13-7-4-8-14(10-11)18(13)12-5-2-3-6-12/h11-14H,2-10H2,1H3,(H2,16,17,19)/t11?,13-,14+. The van der Waals surface area contributed by atoms with E-state index in [0.29, 0.717) is 6.04 Å². The number of fused-ring (bicyclic) bond motifs is 2. The van der Waals surface area contributed by atoms with Crippen molar-refractivity contribution in [2.45, 2.75) is 82.0 Å². The van der Waals surface area contributed by atoms with Gasteiger partial charge in [-0.05, 0) is 50.7 Å². The van der Waals surface area contributed by atoms with E-state index in [9.17, 15) is 0 Å². The Balaban J connectivity index is 1.65. The third-order valence-electron chi connectivity index (χ3n) is 5.34. The summed E-state index contributed by atoms with van der Waals surface area (Å²) >= 11 is 5.27. The summed E-state index contributed by atoms with van der Waals surface area (Å²) in [5.41, 5.74) is 0. The minimum Gasteiger partial charge on any atom is -0.366 e. The normalized spacial score (nSPS) is 36.2. The molecule has 2 bridgehead atoms. The number of rotatable bonds is 2. The van der Waals surface area contributed by atoms with Crippen LogP contribution < -0.4 is 10.6 Å². The molecule has 2 N–H and O–H groups in total. The Morgan fingerprint density at radius 2 is 1.53 bits per heavy atom. The molecule has 0 aromatic carbocycles. The van der Waals surface area contributed by atoms with Crippen molar-refractivity contribution in [2.24, 2.45) is 0 Å². The smallest absolute Gasteiger partial charge is 0.166 e. The van der Waals surface area contributed by atoms with Gasteiger partial charge in [0, 0.05) is 31.2 Å². The second-order valence-corrected chi connectivity index (χ2v) is 6.92. The highest BCUT2D eigenvalue weighted by atomic mass is 32.1. The molecule has 2 saturated heterocycles. The maximum absolute atomic E-state index is 5.27. The summed E-state index contributed by atoms with van der Waals surface area (Å²) in [4.78, 5) is 2.91. The van der Waals surface area contributed by atoms with Crippen molar-refractivity contribution in [1.29, 1.82) is 0 Å². The average Bonchev–Trinajstić information content (AvgIpc) is 2.91. The molecule has 3 aliphatic rings. The van der Waals surface area contributed by atoms with Crippen LogP contribution in [0.1, 0.15) is 57.8 Å². The van der Waals surface area contributed by atoms with Crippen LogP contribution in [0.5, 0.6) is 0 Å². The van der Waals surface area contributed by atoms with Crippen LogP contribution in [0.15, 0.2) is 0 Å². The lowest BCUT2D eigenvalue weighted by atomic mass is 9.80. The van der Waals surface area contributed by atoms with Gasteiger partial charge in [-0.3, -0.25) is 4.90 Å². The quantitative estimate of drug-likeness (QED) is 0.760. The van der Waals surface area contributed by atoms with Crippen molar-refractivity contribution in [2.75, 3.05) is 7.05 Å². The zero-order valence-corrected chi connectivity index (χ0v) is 12.8. The first-order valence-electron chi connectivity index (χ1n) is 8.03. The van der Waals surface area contributed by atoms with Gasteiger partial charge in [0.1, 0.15) is 0 Å². The van der Waals surface area contributed by atoms with Crippen molar-refractivity contribution < 1.29 is 0 Å². The summed E-state index contributed by atoms with van der Waals surface area (Å²) in [6.45, 7) is 0. The molecule has 19 heavy (non-hydrogen) atoms. The largest absolute Gasteiger partial charge is 0.366 e. The molecule has 0 radical (unpaired) electrons. The lowest BCUT2D eigenvalue weighted by molar-refractivity contribution is -0.00606. The highest BCUT2D eigenvalue weighted by molar-refractivity contribution is 7.80. The highest BCUT2D eigenvalue weighted by Gasteiger charge is 2.42. The van der Waals surface area contributed by atoms with Crippen molar-refractivity contribution in [3.63, 3.8) is 0 Å². The van der Waals surface area contributed by atoms with E-state index in [0.717, 1.165) is 23.2 Å². The van der Waals surface area contributed by atoms with Gasteiger partial charge in [-0.25, -0.2) is 0 Å². The first-order chi connectivity index (χ1) is 9.28.